The largest absolute Gasteiger partial charge is 0.358 e. The third kappa shape index (κ3) is 3.79. The normalized spacial score (nSPS) is 15.9. The number of amides is 1. The van der Waals surface area contributed by atoms with Crippen molar-refractivity contribution in [1.29, 1.82) is 0 Å². The molecule has 0 spiro atoms. The summed E-state index contributed by atoms with van der Waals surface area (Å²) in [5.41, 5.74) is 4.89. The van der Waals surface area contributed by atoms with Gasteiger partial charge in [-0.2, -0.15) is 0 Å². The molecule has 3 N–H and O–H groups in total. The lowest BCUT2D eigenvalue weighted by Crippen LogP contribution is -2.44. The molecule has 1 atom stereocenters. The minimum absolute atomic E-state index is 0.336. The van der Waals surface area contributed by atoms with Crippen LogP contribution in [0, 0.1) is 0 Å². The number of aromatic amines is 1. The van der Waals surface area contributed by atoms with Crippen molar-refractivity contribution < 1.29 is 13.2 Å². The highest BCUT2D eigenvalue weighted by molar-refractivity contribution is 7.88. The molecule has 7 heteroatoms. The summed E-state index contributed by atoms with van der Waals surface area (Å²) >= 11 is 0. The van der Waals surface area contributed by atoms with Gasteiger partial charge in [0.25, 0.3) is 0 Å². The Morgan fingerprint density at radius 2 is 2.04 bits per heavy atom. The Hall–Kier alpha value is -1.86. The van der Waals surface area contributed by atoms with Crippen LogP contribution in [0.2, 0.25) is 0 Å². The van der Waals surface area contributed by atoms with Crippen LogP contribution >= 0.6 is 0 Å². The number of carbonyl (C=O) groups is 1. The molecule has 0 saturated carbocycles. The Morgan fingerprint density at radius 1 is 1.29 bits per heavy atom. The molecule has 1 aliphatic rings. The van der Waals surface area contributed by atoms with Gasteiger partial charge in [0.15, 0.2) is 0 Å². The molecule has 1 amide bonds. The Kier molecular flexibility index (Phi) is 4.64. The maximum Gasteiger partial charge on any atom is 0.238 e. The Balaban J connectivity index is 1.70. The minimum Gasteiger partial charge on any atom is -0.358 e. The topological polar surface area (TPSA) is 91.1 Å². The van der Waals surface area contributed by atoms with Crippen molar-refractivity contribution in [1.82, 2.24) is 15.0 Å². The van der Waals surface area contributed by atoms with E-state index in [0.29, 0.717) is 6.54 Å². The number of aromatic nitrogens is 1. The molecule has 24 heavy (non-hydrogen) atoms. The van der Waals surface area contributed by atoms with Gasteiger partial charge in [-0.3, -0.25) is 4.79 Å². The van der Waals surface area contributed by atoms with E-state index in [2.05, 4.69) is 21.1 Å². The maximum atomic E-state index is 12.0. The summed E-state index contributed by atoms with van der Waals surface area (Å²) in [7, 11) is -3.40. The summed E-state index contributed by atoms with van der Waals surface area (Å²) in [6.07, 6.45) is 5.69. The van der Waals surface area contributed by atoms with Crippen LogP contribution in [0.3, 0.4) is 0 Å². The number of hydrogen-bond acceptors (Lipinski definition) is 3. The number of carbonyl (C=O) groups excluding carboxylic acids is 1. The summed E-state index contributed by atoms with van der Waals surface area (Å²) < 4.78 is 24.6. The van der Waals surface area contributed by atoms with Crippen LogP contribution in [-0.4, -0.2) is 31.6 Å². The summed E-state index contributed by atoms with van der Waals surface area (Å²) in [5.74, 6) is -0.336. The van der Waals surface area contributed by atoms with Crippen LogP contribution in [0.1, 0.15) is 36.6 Å². The molecule has 3 rings (SSSR count). The van der Waals surface area contributed by atoms with E-state index in [4.69, 9.17) is 0 Å². The molecule has 0 bridgehead atoms. The van der Waals surface area contributed by atoms with Gasteiger partial charge >= 0.3 is 0 Å². The SMILES string of the molecule is CC(NS(C)(=O)=O)C(=O)NCc1ccc2[nH]c3c(c2c1)CCCC3. The zero-order valence-electron chi connectivity index (χ0n) is 14.0. The van der Waals surface area contributed by atoms with Crippen molar-refractivity contribution in [2.75, 3.05) is 6.26 Å². The molecule has 0 aliphatic heterocycles. The summed E-state index contributed by atoms with van der Waals surface area (Å²) in [6, 6.07) is 5.36. The molecule has 1 aromatic carbocycles. The lowest BCUT2D eigenvalue weighted by molar-refractivity contribution is -0.122. The number of rotatable bonds is 5. The summed E-state index contributed by atoms with van der Waals surface area (Å²) in [6.45, 7) is 1.91. The molecule has 1 aromatic heterocycles. The first-order valence-corrected chi connectivity index (χ1v) is 10.1. The second-order valence-corrected chi connectivity index (χ2v) is 8.28. The second kappa shape index (κ2) is 6.57. The zero-order chi connectivity index (χ0) is 17.3. The molecule has 0 radical (unpaired) electrons. The van der Waals surface area contributed by atoms with E-state index in [-0.39, 0.29) is 5.91 Å². The Labute approximate surface area is 142 Å². The quantitative estimate of drug-likeness (QED) is 0.766. The zero-order valence-corrected chi connectivity index (χ0v) is 14.8. The van der Waals surface area contributed by atoms with Gasteiger partial charge in [-0.15, -0.1) is 0 Å². The second-order valence-electron chi connectivity index (χ2n) is 6.50. The minimum atomic E-state index is -3.40. The van der Waals surface area contributed by atoms with Crippen molar-refractivity contribution in [2.45, 2.75) is 45.2 Å². The van der Waals surface area contributed by atoms with Gasteiger partial charge in [-0.05, 0) is 55.9 Å². The van der Waals surface area contributed by atoms with Crippen LogP contribution in [-0.2, 0) is 34.2 Å². The van der Waals surface area contributed by atoms with E-state index in [1.54, 1.807) is 0 Å². The summed E-state index contributed by atoms with van der Waals surface area (Å²) in [5, 5.41) is 4.02. The first-order chi connectivity index (χ1) is 11.3. The van der Waals surface area contributed by atoms with Crippen LogP contribution in [0.4, 0.5) is 0 Å². The highest BCUT2D eigenvalue weighted by atomic mass is 32.2. The molecule has 2 aromatic rings. The molecule has 1 unspecified atom stereocenters. The van der Waals surface area contributed by atoms with Crippen molar-refractivity contribution in [3.05, 3.63) is 35.0 Å². The van der Waals surface area contributed by atoms with Crippen molar-refractivity contribution in [3.63, 3.8) is 0 Å². The standard InChI is InChI=1S/C17H23N3O3S/c1-11(20-24(2,22)23)17(21)18-10-12-7-8-16-14(9-12)13-5-3-4-6-15(13)19-16/h7-9,11,19-20H,3-6,10H2,1-2H3,(H,18,21). The van der Waals surface area contributed by atoms with Crippen LogP contribution in [0.25, 0.3) is 10.9 Å². The molecule has 0 saturated heterocycles. The molecule has 6 nitrogen and oxygen atoms in total. The maximum absolute atomic E-state index is 12.0. The van der Waals surface area contributed by atoms with Gasteiger partial charge in [0.05, 0.1) is 12.3 Å². The third-order valence-electron chi connectivity index (χ3n) is 4.41. The molecular weight excluding hydrogens is 326 g/mol. The highest BCUT2D eigenvalue weighted by Crippen LogP contribution is 2.29. The predicted octanol–water partition coefficient (Wildman–Crippen LogP) is 1.60. The molecular formula is C17H23N3O3S. The van der Waals surface area contributed by atoms with Gasteiger partial charge in [0, 0.05) is 23.1 Å². The Bertz CT molecular complexity index is 871. The number of nitrogens with one attached hydrogen (secondary N) is 3. The van der Waals surface area contributed by atoms with Gasteiger partial charge in [0.1, 0.15) is 0 Å². The number of benzene rings is 1. The average molecular weight is 349 g/mol. The average Bonchev–Trinajstić information content (AvgIpc) is 2.89. The lowest BCUT2D eigenvalue weighted by Gasteiger charge is -2.13. The van der Waals surface area contributed by atoms with Gasteiger partial charge in [0.2, 0.25) is 15.9 Å². The van der Waals surface area contributed by atoms with E-state index < -0.39 is 16.1 Å². The first kappa shape index (κ1) is 17.0. The fourth-order valence-corrected chi connectivity index (χ4v) is 4.03. The van der Waals surface area contributed by atoms with E-state index in [9.17, 15) is 13.2 Å². The first-order valence-electron chi connectivity index (χ1n) is 8.21. The van der Waals surface area contributed by atoms with Crippen LogP contribution < -0.4 is 10.0 Å². The summed E-state index contributed by atoms with van der Waals surface area (Å²) in [4.78, 5) is 15.5. The van der Waals surface area contributed by atoms with Crippen LogP contribution in [0.5, 0.6) is 0 Å². The Morgan fingerprint density at radius 3 is 2.79 bits per heavy atom. The van der Waals surface area contributed by atoms with Gasteiger partial charge < -0.3 is 10.3 Å². The van der Waals surface area contributed by atoms with Gasteiger partial charge in [-0.1, -0.05) is 6.07 Å². The lowest BCUT2D eigenvalue weighted by atomic mass is 9.95. The van der Waals surface area contributed by atoms with Crippen molar-refractivity contribution >= 4 is 26.8 Å². The van der Waals surface area contributed by atoms with Gasteiger partial charge in [-0.25, -0.2) is 13.1 Å². The number of sulfonamides is 1. The molecule has 130 valence electrons. The molecule has 1 heterocycles. The van der Waals surface area contributed by atoms with Crippen molar-refractivity contribution in [3.8, 4) is 0 Å². The van der Waals surface area contributed by atoms with E-state index in [1.165, 1.54) is 36.4 Å². The fraction of sp³-hybridized carbons (Fsp3) is 0.471. The smallest absolute Gasteiger partial charge is 0.238 e. The number of H-pyrrole nitrogens is 1. The van der Waals surface area contributed by atoms with E-state index >= 15 is 0 Å². The number of fused-ring (bicyclic) bond motifs is 3. The molecule has 1 aliphatic carbocycles. The third-order valence-corrected chi connectivity index (χ3v) is 5.20. The van der Waals surface area contributed by atoms with E-state index in [1.807, 2.05) is 12.1 Å². The van der Waals surface area contributed by atoms with E-state index in [0.717, 1.165) is 30.2 Å². The number of aryl methyl sites for hydroxylation is 2. The monoisotopic (exact) mass is 349 g/mol. The van der Waals surface area contributed by atoms with Crippen molar-refractivity contribution in [2.24, 2.45) is 0 Å². The number of hydrogen-bond donors (Lipinski definition) is 3. The van der Waals surface area contributed by atoms with Crippen LogP contribution in [0.15, 0.2) is 18.2 Å². The highest BCUT2D eigenvalue weighted by Gasteiger charge is 2.18. The predicted molar refractivity (Wildman–Crippen MR) is 94.2 cm³/mol. The molecule has 0 fully saturated rings. The fourth-order valence-electron chi connectivity index (χ4n) is 3.28.